The predicted octanol–water partition coefficient (Wildman–Crippen LogP) is 3.45. The summed E-state index contributed by atoms with van der Waals surface area (Å²) in [5, 5.41) is 9.81. The molecule has 0 saturated heterocycles. The first-order valence-corrected chi connectivity index (χ1v) is 5.75. The van der Waals surface area contributed by atoms with E-state index < -0.39 is 18.0 Å². The highest BCUT2D eigenvalue weighted by Crippen LogP contribution is 2.46. The Hall–Kier alpha value is -0.320. The number of hydrogen-bond acceptors (Lipinski definition) is 2. The zero-order chi connectivity index (χ0) is 11.2. The van der Waals surface area contributed by atoms with Crippen LogP contribution < -0.4 is 4.74 Å². The molecule has 1 aromatic rings. The van der Waals surface area contributed by atoms with Crippen LogP contribution >= 0.6 is 27.5 Å². The van der Waals surface area contributed by atoms with Gasteiger partial charge in [0, 0.05) is 0 Å². The van der Waals surface area contributed by atoms with E-state index in [2.05, 4.69) is 15.9 Å². The second-order valence-electron chi connectivity index (χ2n) is 3.41. The minimum atomic E-state index is -0.944. The molecule has 1 heterocycles. The summed E-state index contributed by atoms with van der Waals surface area (Å²) >= 11 is 8.91. The van der Waals surface area contributed by atoms with Crippen LogP contribution in [-0.2, 0) is 0 Å². The van der Waals surface area contributed by atoms with Gasteiger partial charge in [-0.05, 0) is 28.4 Å². The van der Waals surface area contributed by atoms with Gasteiger partial charge in [0.15, 0.2) is 5.82 Å². The van der Waals surface area contributed by atoms with E-state index in [0.29, 0.717) is 16.6 Å². The molecule has 2 atom stereocenters. The molecule has 2 rings (SSSR count). The number of aliphatic hydroxyl groups is 1. The highest BCUT2D eigenvalue weighted by molar-refractivity contribution is 9.10. The number of benzene rings is 1. The SMILES string of the molecule is CCC1Oc2c(Br)cc(Cl)c(F)c2C1O. The van der Waals surface area contributed by atoms with Gasteiger partial charge < -0.3 is 9.84 Å². The van der Waals surface area contributed by atoms with E-state index >= 15 is 0 Å². The van der Waals surface area contributed by atoms with E-state index in [1.165, 1.54) is 6.07 Å². The average molecular weight is 296 g/mol. The third-order valence-corrected chi connectivity index (χ3v) is 3.34. The Kier molecular flexibility index (Phi) is 2.92. The van der Waals surface area contributed by atoms with Gasteiger partial charge in [0.2, 0.25) is 0 Å². The van der Waals surface area contributed by atoms with Gasteiger partial charge in [-0.15, -0.1) is 0 Å². The Labute approximate surface area is 100 Å². The molecule has 0 radical (unpaired) electrons. The topological polar surface area (TPSA) is 29.5 Å². The molecule has 0 aliphatic carbocycles. The lowest BCUT2D eigenvalue weighted by atomic mass is 10.0. The van der Waals surface area contributed by atoms with Gasteiger partial charge in [0.05, 0.1) is 15.1 Å². The van der Waals surface area contributed by atoms with E-state index in [9.17, 15) is 9.50 Å². The zero-order valence-electron chi connectivity index (χ0n) is 7.93. The van der Waals surface area contributed by atoms with Crippen molar-refractivity contribution in [3.05, 3.63) is 26.9 Å². The molecule has 1 aromatic carbocycles. The molecule has 0 spiro atoms. The lowest BCUT2D eigenvalue weighted by molar-refractivity contribution is 0.0637. The third-order valence-electron chi connectivity index (χ3n) is 2.48. The van der Waals surface area contributed by atoms with E-state index in [4.69, 9.17) is 16.3 Å². The van der Waals surface area contributed by atoms with Crippen molar-refractivity contribution in [3.63, 3.8) is 0 Å². The Balaban J connectivity index is 2.58. The molecule has 2 nitrogen and oxygen atoms in total. The molecule has 15 heavy (non-hydrogen) atoms. The van der Waals surface area contributed by atoms with Crippen molar-refractivity contribution < 1.29 is 14.2 Å². The molecule has 0 amide bonds. The van der Waals surface area contributed by atoms with Crippen LogP contribution in [0.15, 0.2) is 10.5 Å². The minimum absolute atomic E-state index is 0.0139. The summed E-state index contributed by atoms with van der Waals surface area (Å²) in [6.07, 6.45) is -0.733. The zero-order valence-corrected chi connectivity index (χ0v) is 10.3. The molecule has 2 unspecified atom stereocenters. The number of rotatable bonds is 1. The average Bonchev–Trinajstić information content (AvgIpc) is 2.53. The monoisotopic (exact) mass is 294 g/mol. The maximum atomic E-state index is 13.7. The summed E-state index contributed by atoms with van der Waals surface area (Å²) < 4.78 is 19.7. The van der Waals surface area contributed by atoms with Crippen LogP contribution in [0.1, 0.15) is 25.0 Å². The van der Waals surface area contributed by atoms with E-state index in [0.717, 1.165) is 0 Å². The van der Waals surface area contributed by atoms with Crippen LogP contribution in [-0.4, -0.2) is 11.2 Å². The first-order valence-electron chi connectivity index (χ1n) is 4.58. The van der Waals surface area contributed by atoms with Crippen molar-refractivity contribution in [1.29, 1.82) is 0 Å². The van der Waals surface area contributed by atoms with Crippen molar-refractivity contribution in [2.75, 3.05) is 0 Å². The Morgan fingerprint density at radius 3 is 2.93 bits per heavy atom. The van der Waals surface area contributed by atoms with Crippen LogP contribution in [0.2, 0.25) is 5.02 Å². The van der Waals surface area contributed by atoms with Crippen LogP contribution in [0, 0.1) is 5.82 Å². The second kappa shape index (κ2) is 3.92. The third kappa shape index (κ3) is 1.65. The molecular weight excluding hydrogens is 286 g/mol. The molecule has 0 fully saturated rings. The molecule has 0 aromatic heterocycles. The molecular formula is C10H9BrClFO2. The van der Waals surface area contributed by atoms with E-state index in [-0.39, 0.29) is 10.6 Å². The number of aliphatic hydroxyl groups excluding tert-OH is 1. The van der Waals surface area contributed by atoms with E-state index in [1.54, 1.807) is 0 Å². The first-order chi connectivity index (χ1) is 7.06. The summed E-state index contributed by atoms with van der Waals surface area (Å²) in [7, 11) is 0. The molecule has 1 N–H and O–H groups in total. The second-order valence-corrected chi connectivity index (χ2v) is 4.67. The fraction of sp³-hybridized carbons (Fsp3) is 0.400. The summed E-state index contributed by atoms with van der Waals surface area (Å²) in [6.45, 7) is 1.87. The highest BCUT2D eigenvalue weighted by Gasteiger charge is 2.36. The Morgan fingerprint density at radius 1 is 1.67 bits per heavy atom. The van der Waals surface area contributed by atoms with Crippen molar-refractivity contribution in [2.24, 2.45) is 0 Å². The number of fused-ring (bicyclic) bond motifs is 1. The largest absolute Gasteiger partial charge is 0.486 e. The summed E-state index contributed by atoms with van der Waals surface area (Å²) in [6, 6.07) is 1.43. The van der Waals surface area contributed by atoms with E-state index in [1.807, 2.05) is 6.92 Å². The molecule has 0 saturated carbocycles. The number of hydrogen-bond donors (Lipinski definition) is 1. The minimum Gasteiger partial charge on any atom is -0.486 e. The van der Waals surface area contributed by atoms with Crippen LogP contribution in [0.25, 0.3) is 0 Å². The normalized spacial score (nSPS) is 23.8. The first kappa shape index (κ1) is 11.2. The summed E-state index contributed by atoms with van der Waals surface area (Å²) in [5.41, 5.74) is 0.154. The summed E-state index contributed by atoms with van der Waals surface area (Å²) in [5.74, 6) is -0.241. The van der Waals surface area contributed by atoms with Crippen molar-refractivity contribution in [2.45, 2.75) is 25.6 Å². The van der Waals surface area contributed by atoms with Gasteiger partial charge in [0.1, 0.15) is 18.0 Å². The maximum Gasteiger partial charge on any atom is 0.151 e. The molecule has 1 aliphatic heterocycles. The molecule has 82 valence electrons. The van der Waals surface area contributed by atoms with Crippen LogP contribution in [0.3, 0.4) is 0 Å². The summed E-state index contributed by atoms with van der Waals surface area (Å²) in [4.78, 5) is 0. The van der Waals surface area contributed by atoms with Crippen molar-refractivity contribution >= 4 is 27.5 Å². The maximum absolute atomic E-state index is 13.7. The Bertz CT molecular complexity index is 411. The smallest absolute Gasteiger partial charge is 0.151 e. The Morgan fingerprint density at radius 2 is 2.33 bits per heavy atom. The van der Waals surface area contributed by atoms with Crippen LogP contribution in [0.5, 0.6) is 5.75 Å². The fourth-order valence-electron chi connectivity index (χ4n) is 1.69. The highest BCUT2D eigenvalue weighted by atomic mass is 79.9. The predicted molar refractivity (Wildman–Crippen MR) is 58.8 cm³/mol. The molecule has 0 bridgehead atoms. The van der Waals surface area contributed by atoms with Crippen molar-refractivity contribution in [1.82, 2.24) is 0 Å². The fourth-order valence-corrected chi connectivity index (χ4v) is 2.57. The number of halogens is 3. The van der Waals surface area contributed by atoms with Gasteiger partial charge in [0.25, 0.3) is 0 Å². The van der Waals surface area contributed by atoms with Gasteiger partial charge in [-0.2, -0.15) is 0 Å². The number of ether oxygens (including phenoxy) is 1. The lowest BCUT2D eigenvalue weighted by Crippen LogP contribution is -2.17. The van der Waals surface area contributed by atoms with Gasteiger partial charge in [-0.25, -0.2) is 4.39 Å². The van der Waals surface area contributed by atoms with Crippen molar-refractivity contribution in [3.8, 4) is 5.75 Å². The molecule has 5 heteroatoms. The van der Waals surface area contributed by atoms with Gasteiger partial charge in [-0.1, -0.05) is 18.5 Å². The quantitative estimate of drug-likeness (QED) is 0.804. The van der Waals surface area contributed by atoms with Gasteiger partial charge in [-0.3, -0.25) is 0 Å². The standard InChI is InChI=1S/C10H9BrClFO2/c1-2-6-9(14)7-8(13)5(12)3-4(11)10(7)15-6/h3,6,9,14H,2H2,1H3. The van der Waals surface area contributed by atoms with Gasteiger partial charge >= 0.3 is 0 Å². The lowest BCUT2D eigenvalue weighted by Gasteiger charge is -2.10. The molecule has 1 aliphatic rings. The van der Waals surface area contributed by atoms with Crippen LogP contribution in [0.4, 0.5) is 4.39 Å².